The van der Waals surface area contributed by atoms with E-state index in [9.17, 15) is 18.0 Å². The fourth-order valence-electron chi connectivity index (χ4n) is 2.87. The van der Waals surface area contributed by atoms with Gasteiger partial charge in [0, 0.05) is 30.2 Å². The van der Waals surface area contributed by atoms with E-state index in [1.807, 2.05) is 0 Å². The molecule has 3 nitrogen and oxygen atoms in total. The smallest absolute Gasteiger partial charge is 0.253 e. The maximum Gasteiger partial charge on any atom is 0.253 e. The molecule has 23 heavy (non-hydrogen) atoms. The number of alkyl halides is 2. The number of carbonyl (C=O) groups is 1. The molecule has 0 saturated carbocycles. The van der Waals surface area contributed by atoms with E-state index in [-0.39, 0.29) is 24.4 Å². The highest BCUT2D eigenvalue weighted by Gasteiger charge is 2.32. The number of rotatable bonds is 5. The Labute approximate surface area is 133 Å². The van der Waals surface area contributed by atoms with Gasteiger partial charge in [-0.05, 0) is 25.5 Å². The summed E-state index contributed by atoms with van der Waals surface area (Å²) >= 11 is 0. The van der Waals surface area contributed by atoms with Crippen molar-refractivity contribution in [3.05, 3.63) is 53.1 Å². The Morgan fingerprint density at radius 3 is 2.74 bits per heavy atom. The van der Waals surface area contributed by atoms with Gasteiger partial charge in [0.15, 0.2) is 0 Å². The normalized spacial score (nSPS) is 18.9. The molecule has 1 unspecified atom stereocenters. The fraction of sp³-hybridized carbons (Fsp3) is 0.353. The number of aromatic nitrogens is 1. The van der Waals surface area contributed by atoms with Gasteiger partial charge in [-0.2, -0.15) is 0 Å². The number of H-pyrrole nitrogens is 1. The summed E-state index contributed by atoms with van der Waals surface area (Å²) in [5.74, 6) is -1.39. The maximum absolute atomic E-state index is 14.1. The molecule has 0 bridgehead atoms. The number of hydrogen-bond acceptors (Lipinski definition) is 1. The number of amides is 1. The Morgan fingerprint density at radius 1 is 1.48 bits per heavy atom. The van der Waals surface area contributed by atoms with Gasteiger partial charge >= 0.3 is 0 Å². The summed E-state index contributed by atoms with van der Waals surface area (Å²) in [6.07, 6.45) is 1.45. The zero-order valence-corrected chi connectivity index (χ0v) is 13.1. The second-order valence-corrected chi connectivity index (χ2v) is 5.41. The van der Waals surface area contributed by atoms with E-state index in [0.29, 0.717) is 22.5 Å². The molecule has 0 spiro atoms. The van der Waals surface area contributed by atoms with Crippen molar-refractivity contribution in [2.45, 2.75) is 32.6 Å². The summed E-state index contributed by atoms with van der Waals surface area (Å²) in [6, 6.07) is 0. The van der Waals surface area contributed by atoms with E-state index in [1.165, 1.54) is 0 Å². The summed E-state index contributed by atoms with van der Waals surface area (Å²) in [7, 11) is 0. The summed E-state index contributed by atoms with van der Waals surface area (Å²) in [6.45, 7) is 6.96. The molecule has 0 radical (unpaired) electrons. The van der Waals surface area contributed by atoms with Crippen LogP contribution in [0.15, 0.2) is 30.6 Å². The molecule has 1 aliphatic rings. The number of fused-ring (bicyclic) bond motifs is 1. The first-order valence-electron chi connectivity index (χ1n) is 7.34. The van der Waals surface area contributed by atoms with Crippen LogP contribution in [0, 0.1) is 6.92 Å². The van der Waals surface area contributed by atoms with Gasteiger partial charge in [-0.15, -0.1) is 0 Å². The van der Waals surface area contributed by atoms with Crippen molar-refractivity contribution in [3.8, 4) is 0 Å². The third-order valence-corrected chi connectivity index (χ3v) is 3.93. The summed E-state index contributed by atoms with van der Waals surface area (Å²) in [5.41, 5.74) is 1.98. The van der Waals surface area contributed by atoms with Crippen molar-refractivity contribution in [1.82, 2.24) is 10.3 Å². The molecule has 1 atom stereocenters. The van der Waals surface area contributed by atoms with Crippen molar-refractivity contribution in [2.24, 2.45) is 0 Å². The van der Waals surface area contributed by atoms with Crippen molar-refractivity contribution in [3.63, 3.8) is 0 Å². The lowest BCUT2D eigenvalue weighted by Gasteiger charge is -2.23. The zero-order chi connectivity index (χ0) is 17.1. The average Bonchev–Trinajstić information content (AvgIpc) is 2.85. The van der Waals surface area contributed by atoms with Crippen molar-refractivity contribution in [1.29, 1.82) is 0 Å². The quantitative estimate of drug-likeness (QED) is 0.782. The van der Waals surface area contributed by atoms with Gasteiger partial charge in [0.1, 0.15) is 5.83 Å². The van der Waals surface area contributed by atoms with Crippen LogP contribution >= 0.6 is 0 Å². The predicted octanol–water partition coefficient (Wildman–Crippen LogP) is 4.25. The van der Waals surface area contributed by atoms with Gasteiger partial charge in [-0.3, -0.25) is 4.79 Å². The largest absolute Gasteiger partial charge is 0.357 e. The molecule has 1 aromatic rings. The minimum Gasteiger partial charge on any atom is -0.357 e. The molecule has 2 heterocycles. The Hall–Kier alpha value is -2.24. The first-order chi connectivity index (χ1) is 10.9. The van der Waals surface area contributed by atoms with Gasteiger partial charge in [0.25, 0.3) is 5.91 Å². The van der Waals surface area contributed by atoms with Gasteiger partial charge in [-0.1, -0.05) is 18.7 Å². The number of halogens is 3. The summed E-state index contributed by atoms with van der Waals surface area (Å²) in [4.78, 5) is 15.1. The average molecular weight is 324 g/mol. The Morgan fingerprint density at radius 2 is 2.17 bits per heavy atom. The number of hydrogen-bond donors (Lipinski definition) is 2. The topological polar surface area (TPSA) is 44.9 Å². The molecule has 2 rings (SSSR count). The molecule has 0 fully saturated rings. The molecule has 0 saturated heterocycles. The van der Waals surface area contributed by atoms with Crippen LogP contribution in [0.3, 0.4) is 0 Å². The molecular weight excluding hydrogens is 305 g/mol. The predicted molar refractivity (Wildman–Crippen MR) is 84.3 cm³/mol. The highest BCUT2D eigenvalue weighted by atomic mass is 19.3. The molecule has 1 aromatic heterocycles. The first-order valence-corrected chi connectivity index (χ1v) is 7.34. The molecular formula is C17H19F3N2O. The Bertz CT molecular complexity index is 686. The second kappa shape index (κ2) is 6.89. The van der Waals surface area contributed by atoms with Crippen LogP contribution in [0.4, 0.5) is 13.2 Å². The van der Waals surface area contributed by atoms with Crippen LogP contribution in [0.1, 0.15) is 46.6 Å². The lowest BCUT2D eigenvalue weighted by molar-refractivity contribution is 0.0912. The SMILES string of the molecule is C=C/C(F)=C(\C=C/C)c1[nH]c2c(c1C)C(=O)NCC2CC(F)F. The highest BCUT2D eigenvalue weighted by molar-refractivity contribution is 6.00. The standard InChI is InChI=1S/C17H19F3N2O/c1-4-6-11(12(18)5-2)15-9(3)14-16(22-15)10(7-13(19)20)8-21-17(14)23/h4-6,10,13,22H,2,7-8H2,1,3H3,(H,21,23)/b6-4-,12-11-. The first kappa shape index (κ1) is 17.1. The van der Waals surface area contributed by atoms with Crippen LogP contribution in [0.2, 0.25) is 0 Å². The number of allylic oxidation sites excluding steroid dienone is 5. The maximum atomic E-state index is 14.1. The van der Waals surface area contributed by atoms with Crippen LogP contribution < -0.4 is 5.32 Å². The minimum atomic E-state index is -2.48. The van der Waals surface area contributed by atoms with Crippen molar-refractivity contribution < 1.29 is 18.0 Å². The lowest BCUT2D eigenvalue weighted by Crippen LogP contribution is -2.35. The van der Waals surface area contributed by atoms with Crippen molar-refractivity contribution >= 4 is 11.5 Å². The molecule has 124 valence electrons. The van der Waals surface area contributed by atoms with Crippen LogP contribution in [0.25, 0.3) is 5.57 Å². The van der Waals surface area contributed by atoms with E-state index in [0.717, 1.165) is 6.08 Å². The molecule has 0 aliphatic carbocycles. The molecule has 2 N–H and O–H groups in total. The van der Waals surface area contributed by atoms with Crippen molar-refractivity contribution in [2.75, 3.05) is 6.54 Å². The minimum absolute atomic E-state index is 0.141. The zero-order valence-electron chi connectivity index (χ0n) is 13.1. The monoisotopic (exact) mass is 324 g/mol. The molecule has 1 amide bonds. The van der Waals surface area contributed by atoms with E-state index < -0.39 is 18.2 Å². The van der Waals surface area contributed by atoms with Gasteiger partial charge in [0.05, 0.1) is 11.3 Å². The lowest BCUT2D eigenvalue weighted by atomic mass is 9.92. The molecule has 6 heteroatoms. The van der Waals surface area contributed by atoms with Gasteiger partial charge in [0.2, 0.25) is 6.43 Å². The van der Waals surface area contributed by atoms with E-state index in [4.69, 9.17) is 0 Å². The Kier molecular flexibility index (Phi) is 5.13. The van der Waals surface area contributed by atoms with Gasteiger partial charge < -0.3 is 10.3 Å². The second-order valence-electron chi connectivity index (χ2n) is 5.41. The molecule has 1 aliphatic heterocycles. The summed E-state index contributed by atoms with van der Waals surface area (Å²) in [5, 5.41) is 2.62. The summed E-state index contributed by atoms with van der Waals surface area (Å²) < 4.78 is 39.6. The number of aromatic amines is 1. The van der Waals surface area contributed by atoms with Crippen LogP contribution in [-0.4, -0.2) is 23.9 Å². The highest BCUT2D eigenvalue weighted by Crippen LogP contribution is 2.35. The van der Waals surface area contributed by atoms with E-state index in [2.05, 4.69) is 16.9 Å². The van der Waals surface area contributed by atoms with Crippen LogP contribution in [0.5, 0.6) is 0 Å². The third kappa shape index (κ3) is 3.25. The number of nitrogens with one attached hydrogen (secondary N) is 2. The fourth-order valence-corrected chi connectivity index (χ4v) is 2.87. The van der Waals surface area contributed by atoms with E-state index >= 15 is 0 Å². The van der Waals surface area contributed by atoms with E-state index in [1.54, 1.807) is 26.0 Å². The van der Waals surface area contributed by atoms with Gasteiger partial charge in [-0.25, -0.2) is 13.2 Å². The van der Waals surface area contributed by atoms with Crippen LogP contribution in [-0.2, 0) is 0 Å². The third-order valence-electron chi connectivity index (χ3n) is 3.93. The number of carbonyl (C=O) groups excluding carboxylic acids is 1. The Balaban J connectivity index is 2.61. The molecule has 0 aromatic carbocycles.